The van der Waals surface area contributed by atoms with Crippen molar-refractivity contribution in [2.24, 2.45) is 0 Å². The molecule has 0 aromatic carbocycles. The van der Waals surface area contributed by atoms with Crippen LogP contribution in [-0.4, -0.2) is 13.1 Å². The number of carbonyl (C=O) groups excluding carboxylic acids is 1. The number of ether oxygens (including phenoxy) is 1. The van der Waals surface area contributed by atoms with Crippen LogP contribution < -0.4 is 0 Å². The molecule has 0 aromatic rings. The van der Waals surface area contributed by atoms with Gasteiger partial charge in [-0.05, 0) is 19.8 Å². The van der Waals surface area contributed by atoms with Gasteiger partial charge in [0.2, 0.25) is 0 Å². The smallest absolute Gasteiger partial charge is 0.333 e. The van der Waals surface area contributed by atoms with Gasteiger partial charge in [0.15, 0.2) is 0 Å². The second-order valence-electron chi connectivity index (χ2n) is 2.87. The number of carbonyl (C=O) groups is 1. The van der Waals surface area contributed by atoms with Crippen LogP contribution in [0.15, 0.2) is 11.6 Å². The molecule has 0 aliphatic carbocycles. The quantitative estimate of drug-likeness (QED) is 0.360. The maximum atomic E-state index is 10.9. The van der Waals surface area contributed by atoms with E-state index in [1.54, 1.807) is 6.92 Å². The Bertz CT molecular complexity index is 159. The van der Waals surface area contributed by atoms with Gasteiger partial charge in [-0.15, -0.1) is 0 Å². The zero-order chi connectivity index (χ0) is 9.40. The van der Waals surface area contributed by atoms with E-state index in [-0.39, 0.29) is 5.97 Å². The number of methoxy groups -OCH3 is 1. The molecule has 0 rings (SSSR count). The van der Waals surface area contributed by atoms with E-state index in [1.165, 1.54) is 20.0 Å². The highest BCUT2D eigenvalue weighted by Gasteiger charge is 2.00. The summed E-state index contributed by atoms with van der Waals surface area (Å²) in [5.74, 6) is -0.216. The molecule has 0 unspecified atom stereocenters. The van der Waals surface area contributed by atoms with Crippen LogP contribution in [0.2, 0.25) is 0 Å². The molecule has 70 valence electrons. The van der Waals surface area contributed by atoms with Gasteiger partial charge >= 0.3 is 5.97 Å². The first-order valence-electron chi connectivity index (χ1n) is 4.47. The van der Waals surface area contributed by atoms with E-state index in [9.17, 15) is 4.79 Å². The Kier molecular flexibility index (Phi) is 6.44. The van der Waals surface area contributed by atoms with Crippen molar-refractivity contribution in [3.63, 3.8) is 0 Å². The lowest BCUT2D eigenvalue weighted by atomic mass is 10.1. The molecule has 0 amide bonds. The van der Waals surface area contributed by atoms with Crippen LogP contribution in [0, 0.1) is 0 Å². The van der Waals surface area contributed by atoms with E-state index in [2.05, 4.69) is 11.7 Å². The summed E-state index contributed by atoms with van der Waals surface area (Å²) in [5, 5.41) is 0. The normalized spacial score (nSPS) is 11.4. The molecule has 0 aliphatic heterocycles. The van der Waals surface area contributed by atoms with E-state index in [0.717, 1.165) is 12.8 Å². The molecule has 0 bridgehead atoms. The summed E-state index contributed by atoms with van der Waals surface area (Å²) >= 11 is 0. The second kappa shape index (κ2) is 6.89. The minimum atomic E-state index is -0.216. The standard InChI is InChI=1S/C10H18O2/c1-4-5-6-7-8-9(2)10(11)12-3/h8H,4-7H2,1-3H3. The molecule has 2 nitrogen and oxygen atoms in total. The molecule has 0 aromatic heterocycles. The summed E-state index contributed by atoms with van der Waals surface area (Å²) in [6, 6.07) is 0. The van der Waals surface area contributed by atoms with E-state index >= 15 is 0 Å². The minimum Gasteiger partial charge on any atom is -0.466 e. The second-order valence-corrected chi connectivity index (χ2v) is 2.87. The molecular weight excluding hydrogens is 152 g/mol. The van der Waals surface area contributed by atoms with Crippen molar-refractivity contribution in [2.45, 2.75) is 39.5 Å². The monoisotopic (exact) mass is 170 g/mol. The van der Waals surface area contributed by atoms with Gasteiger partial charge in [-0.1, -0.05) is 25.8 Å². The molecule has 0 aliphatic rings. The molecule has 0 saturated heterocycles. The van der Waals surface area contributed by atoms with Gasteiger partial charge < -0.3 is 4.74 Å². The Morgan fingerprint density at radius 3 is 2.58 bits per heavy atom. The molecule has 0 N–H and O–H groups in total. The highest BCUT2D eigenvalue weighted by atomic mass is 16.5. The number of hydrogen-bond donors (Lipinski definition) is 0. The van der Waals surface area contributed by atoms with Gasteiger partial charge in [-0.2, -0.15) is 0 Å². The largest absolute Gasteiger partial charge is 0.466 e. The molecule has 0 fully saturated rings. The Morgan fingerprint density at radius 1 is 1.42 bits per heavy atom. The summed E-state index contributed by atoms with van der Waals surface area (Å²) in [7, 11) is 1.41. The van der Waals surface area contributed by atoms with Gasteiger partial charge in [0.05, 0.1) is 7.11 Å². The van der Waals surface area contributed by atoms with Crippen molar-refractivity contribution < 1.29 is 9.53 Å². The summed E-state index contributed by atoms with van der Waals surface area (Å²) in [4.78, 5) is 10.9. The lowest BCUT2D eigenvalue weighted by molar-refractivity contribution is -0.136. The summed E-state index contributed by atoms with van der Waals surface area (Å²) in [6.45, 7) is 3.95. The Morgan fingerprint density at radius 2 is 2.08 bits per heavy atom. The topological polar surface area (TPSA) is 26.3 Å². The average Bonchev–Trinajstić information content (AvgIpc) is 2.10. The highest BCUT2D eigenvalue weighted by molar-refractivity contribution is 5.87. The fourth-order valence-corrected chi connectivity index (χ4v) is 0.957. The van der Waals surface area contributed by atoms with Gasteiger partial charge in [-0.25, -0.2) is 4.79 Å². The Hall–Kier alpha value is -0.790. The third kappa shape index (κ3) is 4.94. The SMILES string of the molecule is CCCCCC=C(C)C(=O)OC. The molecule has 0 radical (unpaired) electrons. The van der Waals surface area contributed by atoms with E-state index in [0.29, 0.717) is 5.57 Å². The third-order valence-corrected chi connectivity index (χ3v) is 1.77. The lowest BCUT2D eigenvalue weighted by Gasteiger charge is -1.98. The average molecular weight is 170 g/mol. The van der Waals surface area contributed by atoms with Gasteiger partial charge in [0.1, 0.15) is 0 Å². The van der Waals surface area contributed by atoms with Crippen LogP contribution in [0.5, 0.6) is 0 Å². The fourth-order valence-electron chi connectivity index (χ4n) is 0.957. The number of unbranched alkanes of at least 4 members (excludes halogenated alkanes) is 3. The lowest BCUT2D eigenvalue weighted by Crippen LogP contribution is -2.01. The predicted octanol–water partition coefficient (Wildman–Crippen LogP) is 2.69. The van der Waals surface area contributed by atoms with Gasteiger partial charge in [0, 0.05) is 5.57 Å². The minimum absolute atomic E-state index is 0.216. The molecule has 0 atom stereocenters. The van der Waals surface area contributed by atoms with Gasteiger partial charge in [-0.3, -0.25) is 0 Å². The zero-order valence-electron chi connectivity index (χ0n) is 8.22. The molecule has 0 spiro atoms. The number of esters is 1. The highest BCUT2D eigenvalue weighted by Crippen LogP contribution is 2.03. The molecule has 0 heterocycles. The number of rotatable bonds is 5. The van der Waals surface area contributed by atoms with Crippen molar-refractivity contribution in [1.29, 1.82) is 0 Å². The van der Waals surface area contributed by atoms with Crippen LogP contribution in [0.1, 0.15) is 39.5 Å². The first-order valence-corrected chi connectivity index (χ1v) is 4.47. The predicted molar refractivity (Wildman–Crippen MR) is 49.9 cm³/mol. The van der Waals surface area contributed by atoms with Crippen molar-refractivity contribution >= 4 is 5.97 Å². The summed E-state index contributed by atoms with van der Waals surface area (Å²) < 4.78 is 4.56. The summed E-state index contributed by atoms with van der Waals surface area (Å²) in [5.41, 5.74) is 0.716. The zero-order valence-corrected chi connectivity index (χ0v) is 8.22. The maximum absolute atomic E-state index is 10.9. The molecular formula is C10H18O2. The van der Waals surface area contributed by atoms with E-state index in [4.69, 9.17) is 0 Å². The first kappa shape index (κ1) is 11.2. The molecule has 2 heteroatoms. The van der Waals surface area contributed by atoms with Crippen LogP contribution >= 0.6 is 0 Å². The van der Waals surface area contributed by atoms with Crippen molar-refractivity contribution in [1.82, 2.24) is 0 Å². The van der Waals surface area contributed by atoms with Crippen LogP contribution in [0.3, 0.4) is 0 Å². The van der Waals surface area contributed by atoms with Crippen molar-refractivity contribution in [3.8, 4) is 0 Å². The maximum Gasteiger partial charge on any atom is 0.333 e. The fraction of sp³-hybridized carbons (Fsp3) is 0.700. The van der Waals surface area contributed by atoms with Crippen LogP contribution in [0.25, 0.3) is 0 Å². The molecule has 12 heavy (non-hydrogen) atoms. The molecule has 0 saturated carbocycles. The Balaban J connectivity index is 3.61. The van der Waals surface area contributed by atoms with E-state index in [1.807, 2.05) is 6.08 Å². The number of hydrogen-bond acceptors (Lipinski definition) is 2. The number of allylic oxidation sites excluding steroid dienone is 1. The van der Waals surface area contributed by atoms with Gasteiger partial charge in [0.25, 0.3) is 0 Å². The third-order valence-electron chi connectivity index (χ3n) is 1.77. The summed E-state index contributed by atoms with van der Waals surface area (Å²) in [6.07, 6.45) is 6.52. The van der Waals surface area contributed by atoms with Crippen LogP contribution in [-0.2, 0) is 9.53 Å². The first-order chi connectivity index (χ1) is 5.72. The van der Waals surface area contributed by atoms with Crippen LogP contribution in [0.4, 0.5) is 0 Å². The van der Waals surface area contributed by atoms with E-state index < -0.39 is 0 Å². The van der Waals surface area contributed by atoms with Crippen molar-refractivity contribution in [3.05, 3.63) is 11.6 Å². The van der Waals surface area contributed by atoms with Crippen molar-refractivity contribution in [2.75, 3.05) is 7.11 Å². The Labute approximate surface area is 74.6 Å².